The fourth-order valence-corrected chi connectivity index (χ4v) is 3.56. The van der Waals surface area contributed by atoms with Crippen molar-refractivity contribution in [2.75, 3.05) is 25.0 Å². The summed E-state index contributed by atoms with van der Waals surface area (Å²) in [6, 6.07) is 8.54. The Kier molecular flexibility index (Phi) is 3.06. The Morgan fingerprint density at radius 1 is 1.17 bits per heavy atom. The van der Waals surface area contributed by atoms with E-state index in [1.165, 1.54) is 42.7 Å². The summed E-state index contributed by atoms with van der Waals surface area (Å²) in [7, 11) is 2.30. The quantitative estimate of drug-likeness (QED) is 0.789. The van der Waals surface area contributed by atoms with Crippen molar-refractivity contribution in [1.29, 1.82) is 0 Å². The van der Waals surface area contributed by atoms with Crippen LogP contribution >= 0.6 is 0 Å². The van der Waals surface area contributed by atoms with Crippen LogP contribution in [0.15, 0.2) is 18.2 Å². The van der Waals surface area contributed by atoms with Gasteiger partial charge >= 0.3 is 0 Å². The third-order valence-corrected chi connectivity index (χ3v) is 4.93. The van der Waals surface area contributed by atoms with E-state index < -0.39 is 0 Å². The van der Waals surface area contributed by atoms with Gasteiger partial charge in [0.05, 0.1) is 0 Å². The number of piperazine rings is 1. The Hall–Kier alpha value is -1.02. The zero-order valence-corrected chi connectivity index (χ0v) is 11.8. The third-order valence-electron chi connectivity index (χ3n) is 4.93. The Morgan fingerprint density at radius 3 is 2.44 bits per heavy atom. The molecule has 2 nitrogen and oxygen atoms in total. The van der Waals surface area contributed by atoms with E-state index in [-0.39, 0.29) is 0 Å². The van der Waals surface area contributed by atoms with E-state index >= 15 is 0 Å². The molecule has 0 amide bonds. The average molecular weight is 244 g/mol. The first-order chi connectivity index (χ1) is 8.69. The minimum Gasteiger partial charge on any atom is -0.368 e. The highest BCUT2D eigenvalue weighted by atomic mass is 15.3. The SMILES string of the molecule is CCc1cc(N2CC3CCC(C2)N3C)ccc1C. The summed E-state index contributed by atoms with van der Waals surface area (Å²) in [5.41, 5.74) is 4.36. The van der Waals surface area contributed by atoms with E-state index in [9.17, 15) is 0 Å². The summed E-state index contributed by atoms with van der Waals surface area (Å²) in [5, 5.41) is 0. The largest absolute Gasteiger partial charge is 0.368 e. The van der Waals surface area contributed by atoms with Crippen molar-refractivity contribution in [3.05, 3.63) is 29.3 Å². The zero-order valence-electron chi connectivity index (χ0n) is 11.8. The molecule has 2 saturated heterocycles. The number of hydrogen-bond acceptors (Lipinski definition) is 2. The van der Waals surface area contributed by atoms with E-state index in [2.05, 4.69) is 48.9 Å². The predicted octanol–water partition coefficient (Wildman–Crippen LogP) is 2.84. The molecule has 98 valence electrons. The van der Waals surface area contributed by atoms with Gasteiger partial charge in [0, 0.05) is 30.9 Å². The molecule has 18 heavy (non-hydrogen) atoms. The topological polar surface area (TPSA) is 6.48 Å². The summed E-state index contributed by atoms with van der Waals surface area (Å²) < 4.78 is 0. The van der Waals surface area contributed by atoms with Gasteiger partial charge in [-0.1, -0.05) is 13.0 Å². The maximum atomic E-state index is 2.60. The number of fused-ring (bicyclic) bond motifs is 2. The van der Waals surface area contributed by atoms with Crippen molar-refractivity contribution in [2.45, 2.75) is 45.2 Å². The van der Waals surface area contributed by atoms with Crippen molar-refractivity contribution >= 4 is 5.69 Å². The normalized spacial score (nSPS) is 27.8. The zero-order chi connectivity index (χ0) is 12.7. The number of rotatable bonds is 2. The number of aryl methyl sites for hydroxylation is 2. The fourth-order valence-electron chi connectivity index (χ4n) is 3.56. The Morgan fingerprint density at radius 2 is 1.83 bits per heavy atom. The maximum Gasteiger partial charge on any atom is 0.0370 e. The van der Waals surface area contributed by atoms with Gasteiger partial charge in [0.25, 0.3) is 0 Å². The molecule has 2 fully saturated rings. The highest BCUT2D eigenvalue weighted by molar-refractivity contribution is 5.52. The first kappa shape index (κ1) is 12.0. The number of nitrogens with zero attached hydrogens (tertiary/aromatic N) is 2. The van der Waals surface area contributed by atoms with E-state index in [0.29, 0.717) is 0 Å². The van der Waals surface area contributed by atoms with Gasteiger partial charge in [-0.05, 0) is 56.5 Å². The van der Waals surface area contributed by atoms with Gasteiger partial charge in [0.15, 0.2) is 0 Å². The lowest BCUT2D eigenvalue weighted by molar-refractivity contribution is 0.212. The van der Waals surface area contributed by atoms with Gasteiger partial charge in [-0.15, -0.1) is 0 Å². The summed E-state index contributed by atoms with van der Waals surface area (Å²) in [6.45, 7) is 6.88. The van der Waals surface area contributed by atoms with Crippen LogP contribution in [-0.2, 0) is 6.42 Å². The van der Waals surface area contributed by atoms with Crippen LogP contribution in [0.4, 0.5) is 5.69 Å². The van der Waals surface area contributed by atoms with Crippen molar-refractivity contribution < 1.29 is 0 Å². The van der Waals surface area contributed by atoms with Gasteiger partial charge < -0.3 is 4.90 Å². The molecule has 2 aliphatic heterocycles. The molecule has 3 rings (SSSR count). The third kappa shape index (κ3) is 1.93. The first-order valence-corrected chi connectivity index (χ1v) is 7.25. The van der Waals surface area contributed by atoms with Crippen LogP contribution in [0.2, 0.25) is 0 Å². The lowest BCUT2D eigenvalue weighted by atomic mass is 10.0. The molecule has 2 heterocycles. The number of anilines is 1. The van der Waals surface area contributed by atoms with Crippen molar-refractivity contribution in [1.82, 2.24) is 4.90 Å². The van der Waals surface area contributed by atoms with Gasteiger partial charge in [-0.3, -0.25) is 4.90 Å². The Bertz CT molecular complexity index is 427. The van der Waals surface area contributed by atoms with Crippen LogP contribution in [0.25, 0.3) is 0 Å². The van der Waals surface area contributed by atoms with Crippen LogP contribution in [0.3, 0.4) is 0 Å². The number of hydrogen-bond donors (Lipinski definition) is 0. The van der Waals surface area contributed by atoms with Gasteiger partial charge in [-0.2, -0.15) is 0 Å². The second kappa shape index (κ2) is 4.58. The molecule has 2 bridgehead atoms. The van der Waals surface area contributed by atoms with Crippen LogP contribution in [0.1, 0.15) is 30.9 Å². The molecule has 0 aromatic heterocycles. The lowest BCUT2D eigenvalue weighted by Crippen LogP contribution is -2.52. The number of benzene rings is 1. The minimum atomic E-state index is 0.773. The van der Waals surface area contributed by atoms with Crippen molar-refractivity contribution in [2.24, 2.45) is 0 Å². The summed E-state index contributed by atoms with van der Waals surface area (Å²) in [6.07, 6.45) is 3.90. The van der Waals surface area contributed by atoms with Gasteiger partial charge in [-0.25, -0.2) is 0 Å². The highest BCUT2D eigenvalue weighted by Gasteiger charge is 2.37. The first-order valence-electron chi connectivity index (χ1n) is 7.25. The van der Waals surface area contributed by atoms with E-state index in [1.807, 2.05) is 0 Å². The molecular formula is C16H24N2. The molecule has 2 heteroatoms. The molecule has 0 aliphatic carbocycles. The molecule has 2 unspecified atom stereocenters. The predicted molar refractivity (Wildman–Crippen MR) is 77.3 cm³/mol. The smallest absolute Gasteiger partial charge is 0.0370 e. The minimum absolute atomic E-state index is 0.773. The molecule has 2 aliphatic rings. The van der Waals surface area contributed by atoms with Crippen LogP contribution in [-0.4, -0.2) is 37.1 Å². The maximum absolute atomic E-state index is 2.60. The molecular weight excluding hydrogens is 220 g/mol. The van der Waals surface area contributed by atoms with Gasteiger partial charge in [0.2, 0.25) is 0 Å². The Balaban J connectivity index is 1.84. The second-order valence-electron chi connectivity index (χ2n) is 5.92. The van der Waals surface area contributed by atoms with Crippen molar-refractivity contribution in [3.63, 3.8) is 0 Å². The second-order valence-corrected chi connectivity index (χ2v) is 5.92. The lowest BCUT2D eigenvalue weighted by Gasteiger charge is -2.40. The van der Waals surface area contributed by atoms with Crippen LogP contribution in [0, 0.1) is 6.92 Å². The molecule has 0 saturated carbocycles. The van der Waals surface area contributed by atoms with Crippen LogP contribution in [0.5, 0.6) is 0 Å². The van der Waals surface area contributed by atoms with E-state index in [1.54, 1.807) is 0 Å². The molecule has 1 aromatic carbocycles. The fraction of sp³-hybridized carbons (Fsp3) is 0.625. The van der Waals surface area contributed by atoms with Crippen molar-refractivity contribution in [3.8, 4) is 0 Å². The molecule has 2 atom stereocenters. The number of likely N-dealkylation sites (N-methyl/N-ethyl adjacent to an activating group) is 1. The van der Waals surface area contributed by atoms with E-state index in [0.717, 1.165) is 18.5 Å². The standard InChI is InChI=1S/C16H24N2/c1-4-13-9-14(6-5-12(13)2)18-10-15-7-8-16(11-18)17(15)3/h5-6,9,15-16H,4,7-8,10-11H2,1-3H3. The van der Waals surface area contributed by atoms with E-state index in [4.69, 9.17) is 0 Å². The molecule has 1 aromatic rings. The summed E-state index contributed by atoms with van der Waals surface area (Å²) in [5.74, 6) is 0. The summed E-state index contributed by atoms with van der Waals surface area (Å²) in [4.78, 5) is 5.19. The summed E-state index contributed by atoms with van der Waals surface area (Å²) >= 11 is 0. The molecule has 0 radical (unpaired) electrons. The average Bonchev–Trinajstić information content (AvgIpc) is 2.62. The highest BCUT2D eigenvalue weighted by Crippen LogP contribution is 2.31. The molecule has 0 N–H and O–H groups in total. The monoisotopic (exact) mass is 244 g/mol. The molecule has 0 spiro atoms. The van der Waals surface area contributed by atoms with Gasteiger partial charge in [0.1, 0.15) is 0 Å². The Labute approximate surface area is 111 Å². The van der Waals surface area contributed by atoms with Crippen LogP contribution < -0.4 is 4.90 Å².